The van der Waals surface area contributed by atoms with Crippen molar-refractivity contribution in [2.24, 2.45) is 22.2 Å². The second kappa shape index (κ2) is 13.0. The zero-order valence-electron chi connectivity index (χ0n) is 19.4. The number of hydrogen-bond acceptors (Lipinski definition) is 4. The van der Waals surface area contributed by atoms with Gasteiger partial charge in [-0.1, -0.05) is 38.1 Å². The first-order valence-corrected chi connectivity index (χ1v) is 11.5. The van der Waals surface area contributed by atoms with Crippen LogP contribution in [0.2, 0.25) is 0 Å². The topological polar surface area (TPSA) is 69.1 Å². The van der Waals surface area contributed by atoms with Crippen LogP contribution in [0.5, 0.6) is 0 Å². The van der Waals surface area contributed by atoms with E-state index in [-0.39, 0.29) is 36.0 Å². The molecule has 1 aromatic carbocycles. The molecule has 7 heteroatoms. The lowest BCUT2D eigenvalue weighted by Gasteiger charge is -2.35. The molecular formula is C24H41IN4O2. The third-order valence-electron chi connectivity index (χ3n) is 6.52. The first-order chi connectivity index (χ1) is 14.5. The number of likely N-dealkylation sites (tertiary alicyclic amines) is 1. The van der Waals surface area contributed by atoms with Gasteiger partial charge in [-0.3, -0.25) is 9.89 Å². The molecule has 2 heterocycles. The molecule has 0 radical (unpaired) electrons. The van der Waals surface area contributed by atoms with Crippen LogP contribution in [0, 0.1) is 17.3 Å². The fraction of sp³-hybridized carbons (Fsp3) is 0.708. The maximum absolute atomic E-state index is 9.39. The molecule has 1 aromatic rings. The van der Waals surface area contributed by atoms with Gasteiger partial charge in [-0.2, -0.15) is 0 Å². The fourth-order valence-corrected chi connectivity index (χ4v) is 4.93. The Labute approximate surface area is 205 Å². The minimum Gasteiger partial charge on any atom is -0.396 e. The molecule has 3 unspecified atom stereocenters. The second-order valence-corrected chi connectivity index (χ2v) is 9.51. The van der Waals surface area contributed by atoms with Crippen molar-refractivity contribution >= 4 is 29.9 Å². The van der Waals surface area contributed by atoms with Gasteiger partial charge >= 0.3 is 0 Å². The van der Waals surface area contributed by atoms with E-state index in [1.165, 1.54) is 30.6 Å². The van der Waals surface area contributed by atoms with Crippen LogP contribution >= 0.6 is 24.0 Å². The van der Waals surface area contributed by atoms with Gasteiger partial charge in [-0.25, -0.2) is 0 Å². The van der Waals surface area contributed by atoms with E-state index in [1.807, 2.05) is 0 Å². The maximum atomic E-state index is 9.39. The maximum Gasteiger partial charge on any atom is 0.191 e. The number of hydrogen-bond donors (Lipinski definition) is 3. The lowest BCUT2D eigenvalue weighted by Crippen LogP contribution is -2.44. The molecule has 3 N–H and O–H groups in total. The standard InChI is InChI=1S/C24H40N4O2.HI/c1-19-12-20(2)15-28(14-19)16-22-6-4-21(5-7-22)13-26-23(25-3)27-17-24(8-10-29)9-11-30-18-24;/h4-7,19-20,29H,8-18H2,1-3H3,(H2,25,26,27);1H. The Morgan fingerprint density at radius 1 is 1.16 bits per heavy atom. The van der Waals surface area contributed by atoms with Gasteiger partial charge in [0.15, 0.2) is 5.96 Å². The average Bonchev–Trinajstić information content (AvgIpc) is 3.17. The van der Waals surface area contributed by atoms with E-state index in [0.717, 1.165) is 56.9 Å². The molecule has 0 saturated carbocycles. The van der Waals surface area contributed by atoms with E-state index in [2.05, 4.69) is 58.6 Å². The number of guanidine groups is 1. The van der Waals surface area contributed by atoms with Gasteiger partial charge in [0.05, 0.1) is 6.61 Å². The predicted octanol–water partition coefficient (Wildman–Crippen LogP) is 3.24. The van der Waals surface area contributed by atoms with Gasteiger partial charge in [-0.05, 0) is 42.2 Å². The van der Waals surface area contributed by atoms with Crippen molar-refractivity contribution in [3.63, 3.8) is 0 Å². The van der Waals surface area contributed by atoms with Crippen LogP contribution in [-0.4, -0.2) is 62.5 Å². The number of aliphatic hydroxyl groups is 1. The summed E-state index contributed by atoms with van der Waals surface area (Å²) >= 11 is 0. The van der Waals surface area contributed by atoms with Crippen molar-refractivity contribution in [3.05, 3.63) is 35.4 Å². The highest BCUT2D eigenvalue weighted by atomic mass is 127. The molecule has 3 rings (SSSR count). The molecule has 0 aromatic heterocycles. The van der Waals surface area contributed by atoms with Crippen LogP contribution in [0.25, 0.3) is 0 Å². The highest BCUT2D eigenvalue weighted by molar-refractivity contribution is 14.0. The molecule has 0 amide bonds. The summed E-state index contributed by atoms with van der Waals surface area (Å²) in [5.41, 5.74) is 2.64. The summed E-state index contributed by atoms with van der Waals surface area (Å²) in [5.74, 6) is 2.38. The van der Waals surface area contributed by atoms with Crippen molar-refractivity contribution in [1.29, 1.82) is 0 Å². The minimum atomic E-state index is 0. The van der Waals surface area contributed by atoms with Gasteiger partial charge in [-0.15, -0.1) is 24.0 Å². The van der Waals surface area contributed by atoms with E-state index in [4.69, 9.17) is 4.74 Å². The number of aliphatic hydroxyl groups excluding tert-OH is 1. The van der Waals surface area contributed by atoms with Gasteiger partial charge in [0.25, 0.3) is 0 Å². The Balaban J connectivity index is 0.00000341. The minimum absolute atomic E-state index is 0. The number of nitrogens with one attached hydrogen (secondary N) is 2. The van der Waals surface area contributed by atoms with Crippen molar-refractivity contribution in [2.45, 2.75) is 46.2 Å². The molecule has 2 fully saturated rings. The smallest absolute Gasteiger partial charge is 0.191 e. The predicted molar refractivity (Wildman–Crippen MR) is 138 cm³/mol. The Bertz CT molecular complexity index is 667. The van der Waals surface area contributed by atoms with Gasteiger partial charge < -0.3 is 20.5 Å². The number of piperidine rings is 1. The number of ether oxygens (including phenoxy) is 1. The first kappa shape index (κ1) is 26.4. The lowest BCUT2D eigenvalue weighted by atomic mass is 9.84. The van der Waals surface area contributed by atoms with Crippen molar-refractivity contribution in [3.8, 4) is 0 Å². The Morgan fingerprint density at radius 3 is 2.42 bits per heavy atom. The fourth-order valence-electron chi connectivity index (χ4n) is 4.93. The molecule has 3 atom stereocenters. The first-order valence-electron chi connectivity index (χ1n) is 11.5. The Hall–Kier alpha value is -0.900. The Kier molecular flexibility index (Phi) is 11.0. The second-order valence-electron chi connectivity index (χ2n) is 9.51. The quantitative estimate of drug-likeness (QED) is 0.267. The third-order valence-corrected chi connectivity index (χ3v) is 6.52. The van der Waals surface area contributed by atoms with E-state index < -0.39 is 0 Å². The summed E-state index contributed by atoms with van der Waals surface area (Å²) in [6.45, 7) is 11.4. The summed E-state index contributed by atoms with van der Waals surface area (Å²) in [7, 11) is 1.79. The number of nitrogens with zero attached hydrogens (tertiary/aromatic N) is 2. The highest BCUT2D eigenvalue weighted by Crippen LogP contribution is 2.31. The monoisotopic (exact) mass is 544 g/mol. The molecule has 0 spiro atoms. The van der Waals surface area contributed by atoms with E-state index in [1.54, 1.807) is 7.05 Å². The normalized spacial score (nSPS) is 27.0. The Morgan fingerprint density at radius 2 is 1.84 bits per heavy atom. The number of halogens is 1. The summed E-state index contributed by atoms with van der Waals surface area (Å²) in [4.78, 5) is 6.94. The summed E-state index contributed by atoms with van der Waals surface area (Å²) in [6, 6.07) is 8.93. The molecule has 2 saturated heterocycles. The van der Waals surface area contributed by atoms with Crippen LogP contribution < -0.4 is 10.6 Å². The van der Waals surface area contributed by atoms with Crippen molar-refractivity contribution in [2.75, 3.05) is 46.5 Å². The summed E-state index contributed by atoms with van der Waals surface area (Å²) in [5, 5.41) is 16.2. The lowest BCUT2D eigenvalue weighted by molar-refractivity contribution is 0.127. The highest BCUT2D eigenvalue weighted by Gasteiger charge is 2.34. The average molecular weight is 545 g/mol. The molecule has 31 heavy (non-hydrogen) atoms. The van der Waals surface area contributed by atoms with Crippen LogP contribution in [-0.2, 0) is 17.8 Å². The molecule has 6 nitrogen and oxygen atoms in total. The molecule has 0 bridgehead atoms. The molecule has 0 aliphatic carbocycles. The molecule has 2 aliphatic rings. The SMILES string of the molecule is CN=C(NCc1ccc(CN2CC(C)CC(C)C2)cc1)NCC1(CCO)CCOC1.I. The zero-order valence-corrected chi connectivity index (χ0v) is 21.7. The van der Waals surface area contributed by atoms with Crippen LogP contribution in [0.3, 0.4) is 0 Å². The largest absolute Gasteiger partial charge is 0.396 e. The molecule has 176 valence electrons. The number of rotatable bonds is 8. The van der Waals surface area contributed by atoms with Crippen molar-refractivity contribution in [1.82, 2.24) is 15.5 Å². The zero-order chi connectivity index (χ0) is 21.4. The van der Waals surface area contributed by atoms with Crippen LogP contribution in [0.4, 0.5) is 0 Å². The van der Waals surface area contributed by atoms with Gasteiger partial charge in [0.1, 0.15) is 0 Å². The molecular weight excluding hydrogens is 503 g/mol. The van der Waals surface area contributed by atoms with E-state index in [0.29, 0.717) is 6.61 Å². The molecule has 2 aliphatic heterocycles. The third kappa shape index (κ3) is 8.18. The number of benzene rings is 1. The van der Waals surface area contributed by atoms with Crippen LogP contribution in [0.15, 0.2) is 29.3 Å². The van der Waals surface area contributed by atoms with E-state index in [9.17, 15) is 5.11 Å². The van der Waals surface area contributed by atoms with Crippen molar-refractivity contribution < 1.29 is 9.84 Å². The van der Waals surface area contributed by atoms with Gasteiger partial charge in [0, 0.05) is 58.4 Å². The number of aliphatic imine (C=N–C) groups is 1. The summed E-state index contributed by atoms with van der Waals surface area (Å²) in [6.07, 6.45) is 3.09. The van der Waals surface area contributed by atoms with E-state index >= 15 is 0 Å². The summed E-state index contributed by atoms with van der Waals surface area (Å²) < 4.78 is 5.57. The van der Waals surface area contributed by atoms with Crippen LogP contribution in [0.1, 0.15) is 44.2 Å². The van der Waals surface area contributed by atoms with Gasteiger partial charge in [0.2, 0.25) is 0 Å².